The number of aromatic nitrogens is 1. The highest BCUT2D eigenvalue weighted by Crippen LogP contribution is 2.20. The first-order valence-corrected chi connectivity index (χ1v) is 9.64. The molecule has 30 heavy (non-hydrogen) atoms. The summed E-state index contributed by atoms with van der Waals surface area (Å²) in [5.41, 5.74) is 3.85. The molecule has 0 unspecified atom stereocenters. The monoisotopic (exact) mass is 396 g/mol. The van der Waals surface area contributed by atoms with Gasteiger partial charge in [-0.2, -0.15) is 0 Å². The van der Waals surface area contributed by atoms with Crippen molar-refractivity contribution in [1.82, 2.24) is 10.3 Å². The Kier molecular flexibility index (Phi) is 5.52. The van der Waals surface area contributed by atoms with Crippen molar-refractivity contribution < 1.29 is 14.7 Å². The Balaban J connectivity index is 1.48. The molecular formula is C25H20N2O3. The van der Waals surface area contributed by atoms with Crippen LogP contribution in [0.5, 0.6) is 0 Å². The third-order valence-electron chi connectivity index (χ3n) is 4.94. The van der Waals surface area contributed by atoms with E-state index in [4.69, 9.17) is 0 Å². The largest absolute Gasteiger partial charge is 0.480 e. The molecule has 0 aliphatic carbocycles. The summed E-state index contributed by atoms with van der Waals surface area (Å²) in [4.78, 5) is 28.7. The van der Waals surface area contributed by atoms with Crippen LogP contribution in [-0.2, 0) is 11.2 Å². The van der Waals surface area contributed by atoms with Crippen LogP contribution in [-0.4, -0.2) is 28.0 Å². The highest BCUT2D eigenvalue weighted by molar-refractivity contribution is 5.97. The number of carbonyl (C=O) groups is 2. The smallest absolute Gasteiger partial charge is 0.326 e. The Morgan fingerprint density at radius 3 is 2.20 bits per heavy atom. The lowest BCUT2D eigenvalue weighted by Gasteiger charge is -2.15. The lowest BCUT2D eigenvalue weighted by Crippen LogP contribution is -2.42. The Labute approximate surface area is 174 Å². The van der Waals surface area contributed by atoms with E-state index in [0.29, 0.717) is 5.52 Å². The number of nitrogens with one attached hydrogen (secondary N) is 1. The van der Waals surface area contributed by atoms with Gasteiger partial charge >= 0.3 is 5.97 Å². The van der Waals surface area contributed by atoms with Gasteiger partial charge in [0.05, 0.1) is 5.52 Å². The molecule has 0 fully saturated rings. The first-order chi connectivity index (χ1) is 14.6. The minimum atomic E-state index is -1.09. The number of nitrogens with zero attached hydrogens (tertiary/aromatic N) is 1. The minimum Gasteiger partial charge on any atom is -0.480 e. The number of carboxylic acids is 1. The van der Waals surface area contributed by atoms with E-state index in [1.807, 2.05) is 78.9 Å². The normalized spacial score (nSPS) is 11.7. The van der Waals surface area contributed by atoms with Gasteiger partial charge in [0.2, 0.25) is 0 Å². The maximum absolute atomic E-state index is 12.6. The SMILES string of the molecule is O=C(N[C@@H](Cc1ccc(-c2ccccc2)cc1)C(=O)O)c1ccc2ccccc2n1. The summed E-state index contributed by atoms with van der Waals surface area (Å²) >= 11 is 0. The molecule has 0 aliphatic heterocycles. The second-order valence-corrected chi connectivity index (χ2v) is 7.02. The lowest BCUT2D eigenvalue weighted by atomic mass is 10.0. The summed E-state index contributed by atoms with van der Waals surface area (Å²) in [6, 6.07) is 27.4. The van der Waals surface area contributed by atoms with Crippen LogP contribution in [0.2, 0.25) is 0 Å². The van der Waals surface area contributed by atoms with Crippen LogP contribution >= 0.6 is 0 Å². The van der Waals surface area contributed by atoms with Crippen molar-refractivity contribution in [3.63, 3.8) is 0 Å². The van der Waals surface area contributed by atoms with Gasteiger partial charge in [-0.3, -0.25) is 4.79 Å². The fraction of sp³-hybridized carbons (Fsp3) is 0.0800. The van der Waals surface area contributed by atoms with E-state index < -0.39 is 17.9 Å². The number of benzene rings is 3. The summed E-state index contributed by atoms with van der Waals surface area (Å²) in [5, 5.41) is 13.1. The van der Waals surface area contributed by atoms with Crippen LogP contribution in [0.3, 0.4) is 0 Å². The summed E-state index contributed by atoms with van der Waals surface area (Å²) in [7, 11) is 0. The number of carboxylic acid groups (broad SMARTS) is 1. The molecule has 1 atom stereocenters. The number of carbonyl (C=O) groups excluding carboxylic acids is 1. The van der Waals surface area contributed by atoms with Gasteiger partial charge in [0, 0.05) is 11.8 Å². The molecule has 0 aliphatic rings. The van der Waals surface area contributed by atoms with Gasteiger partial charge in [0.1, 0.15) is 11.7 Å². The molecule has 5 nitrogen and oxygen atoms in total. The molecule has 0 bridgehead atoms. The number of amides is 1. The number of hydrogen-bond donors (Lipinski definition) is 2. The van der Waals surface area contributed by atoms with Crippen LogP contribution in [0.15, 0.2) is 91.0 Å². The van der Waals surface area contributed by atoms with Crippen molar-refractivity contribution >= 4 is 22.8 Å². The first kappa shape index (κ1) is 19.3. The molecule has 5 heteroatoms. The molecule has 1 heterocycles. The molecule has 0 radical (unpaired) electrons. The molecule has 0 spiro atoms. The second-order valence-electron chi connectivity index (χ2n) is 7.02. The van der Waals surface area contributed by atoms with Gasteiger partial charge in [-0.05, 0) is 28.8 Å². The van der Waals surface area contributed by atoms with E-state index in [0.717, 1.165) is 22.1 Å². The van der Waals surface area contributed by atoms with E-state index in [2.05, 4.69) is 10.3 Å². The quantitative estimate of drug-likeness (QED) is 0.508. The van der Waals surface area contributed by atoms with Crippen molar-refractivity contribution in [2.75, 3.05) is 0 Å². The zero-order chi connectivity index (χ0) is 20.9. The number of aliphatic carboxylic acids is 1. The molecule has 4 rings (SSSR count). The number of para-hydroxylation sites is 1. The zero-order valence-electron chi connectivity index (χ0n) is 16.2. The molecule has 0 saturated heterocycles. The lowest BCUT2D eigenvalue weighted by molar-refractivity contribution is -0.139. The molecule has 4 aromatic rings. The molecule has 2 N–H and O–H groups in total. The predicted octanol–water partition coefficient (Wildman–Crippen LogP) is 4.33. The van der Waals surface area contributed by atoms with Gasteiger partial charge in [-0.1, -0.05) is 78.9 Å². The average Bonchev–Trinajstić information content (AvgIpc) is 2.79. The zero-order valence-corrected chi connectivity index (χ0v) is 16.2. The predicted molar refractivity (Wildman–Crippen MR) is 116 cm³/mol. The molecular weight excluding hydrogens is 376 g/mol. The molecule has 3 aromatic carbocycles. The number of hydrogen-bond acceptors (Lipinski definition) is 3. The van der Waals surface area contributed by atoms with Crippen LogP contribution in [0, 0.1) is 0 Å². The second kappa shape index (κ2) is 8.57. The highest BCUT2D eigenvalue weighted by atomic mass is 16.4. The summed E-state index contributed by atoms with van der Waals surface area (Å²) in [5.74, 6) is -1.59. The van der Waals surface area contributed by atoms with E-state index in [-0.39, 0.29) is 12.1 Å². The van der Waals surface area contributed by atoms with Gasteiger partial charge in [0.25, 0.3) is 5.91 Å². The highest BCUT2D eigenvalue weighted by Gasteiger charge is 2.22. The Bertz CT molecular complexity index is 1190. The molecule has 1 amide bonds. The fourth-order valence-corrected chi connectivity index (χ4v) is 3.32. The van der Waals surface area contributed by atoms with Gasteiger partial charge in [-0.15, -0.1) is 0 Å². The van der Waals surface area contributed by atoms with Crippen molar-refractivity contribution in [2.45, 2.75) is 12.5 Å². The Morgan fingerprint density at radius 1 is 0.800 bits per heavy atom. The summed E-state index contributed by atoms with van der Waals surface area (Å²) in [6.45, 7) is 0. The van der Waals surface area contributed by atoms with Crippen molar-refractivity contribution in [3.05, 3.63) is 102 Å². The number of fused-ring (bicyclic) bond motifs is 1. The minimum absolute atomic E-state index is 0.184. The van der Waals surface area contributed by atoms with Crippen LogP contribution < -0.4 is 5.32 Å². The van der Waals surface area contributed by atoms with E-state index in [9.17, 15) is 14.7 Å². The Morgan fingerprint density at radius 2 is 1.47 bits per heavy atom. The summed E-state index contributed by atoms with van der Waals surface area (Å²) < 4.78 is 0. The van der Waals surface area contributed by atoms with Crippen molar-refractivity contribution in [1.29, 1.82) is 0 Å². The average molecular weight is 396 g/mol. The van der Waals surface area contributed by atoms with Crippen LogP contribution in [0.1, 0.15) is 16.1 Å². The van der Waals surface area contributed by atoms with E-state index in [1.54, 1.807) is 12.1 Å². The van der Waals surface area contributed by atoms with Gasteiger partial charge in [0.15, 0.2) is 0 Å². The van der Waals surface area contributed by atoms with Crippen LogP contribution in [0.4, 0.5) is 0 Å². The van der Waals surface area contributed by atoms with Gasteiger partial charge < -0.3 is 10.4 Å². The number of rotatable bonds is 6. The molecule has 148 valence electrons. The topological polar surface area (TPSA) is 79.3 Å². The van der Waals surface area contributed by atoms with Crippen molar-refractivity contribution in [2.24, 2.45) is 0 Å². The molecule has 0 saturated carbocycles. The number of pyridine rings is 1. The standard InChI is InChI=1S/C25H20N2O3/c28-24(22-15-14-20-8-4-5-9-21(20)26-22)27-23(25(29)30)16-17-10-12-19(13-11-17)18-6-2-1-3-7-18/h1-15,23H,16H2,(H,27,28)(H,29,30)/t23-/m0/s1. The third kappa shape index (κ3) is 4.36. The van der Waals surface area contributed by atoms with Gasteiger partial charge in [-0.25, -0.2) is 9.78 Å². The summed E-state index contributed by atoms with van der Waals surface area (Å²) in [6.07, 6.45) is 0.184. The van der Waals surface area contributed by atoms with Crippen molar-refractivity contribution in [3.8, 4) is 11.1 Å². The fourth-order valence-electron chi connectivity index (χ4n) is 3.32. The first-order valence-electron chi connectivity index (χ1n) is 9.64. The molecule has 1 aromatic heterocycles. The van der Waals surface area contributed by atoms with E-state index >= 15 is 0 Å². The maximum Gasteiger partial charge on any atom is 0.326 e. The third-order valence-corrected chi connectivity index (χ3v) is 4.94. The Hall–Kier alpha value is -3.99. The van der Waals surface area contributed by atoms with E-state index in [1.165, 1.54) is 0 Å². The maximum atomic E-state index is 12.6. The van der Waals surface area contributed by atoms with Crippen LogP contribution in [0.25, 0.3) is 22.0 Å².